The minimum Gasteiger partial charge on any atom is -0.489 e. The first kappa shape index (κ1) is 19.7. The number of ether oxygens (including phenoxy) is 2. The number of hydrogen-bond acceptors (Lipinski definition) is 4. The van der Waals surface area contributed by atoms with E-state index in [1.54, 1.807) is 43.3 Å². The van der Waals surface area contributed by atoms with E-state index in [1.807, 2.05) is 42.5 Å². The van der Waals surface area contributed by atoms with Crippen molar-refractivity contribution in [1.82, 2.24) is 0 Å². The minimum atomic E-state index is -0.721. The van der Waals surface area contributed by atoms with Gasteiger partial charge in [-0.2, -0.15) is 0 Å². The third kappa shape index (κ3) is 5.25. The van der Waals surface area contributed by atoms with E-state index >= 15 is 0 Å². The molecule has 1 atom stereocenters. The first-order valence-electron chi connectivity index (χ1n) is 8.80. The van der Waals surface area contributed by atoms with Crippen LogP contribution in [-0.4, -0.2) is 12.0 Å². The quantitative estimate of drug-likeness (QED) is 0.360. The molecule has 0 aliphatic rings. The van der Waals surface area contributed by atoms with E-state index in [1.165, 1.54) is 0 Å². The van der Waals surface area contributed by atoms with Crippen LogP contribution in [0.25, 0.3) is 0 Å². The number of benzene rings is 3. The summed E-state index contributed by atoms with van der Waals surface area (Å²) in [5.41, 5.74) is 1.59. The molecule has 0 saturated carbocycles. The summed E-state index contributed by atoms with van der Waals surface area (Å²) < 4.78 is 11.4. The van der Waals surface area contributed by atoms with E-state index in [2.05, 4.69) is 0 Å². The van der Waals surface area contributed by atoms with Crippen molar-refractivity contribution in [3.05, 3.63) is 89.4 Å². The van der Waals surface area contributed by atoms with Crippen molar-refractivity contribution < 1.29 is 14.3 Å². The van der Waals surface area contributed by atoms with E-state index < -0.39 is 6.10 Å². The zero-order chi connectivity index (χ0) is 19.9. The number of nitrogens with zero attached hydrogens (tertiary/aromatic N) is 1. The van der Waals surface area contributed by atoms with Crippen LogP contribution < -0.4 is 20.3 Å². The van der Waals surface area contributed by atoms with Crippen LogP contribution in [0.2, 0.25) is 5.02 Å². The highest BCUT2D eigenvalue weighted by Gasteiger charge is 2.21. The molecule has 0 fully saturated rings. The van der Waals surface area contributed by atoms with Crippen LogP contribution in [-0.2, 0) is 11.4 Å². The molecule has 3 rings (SSSR count). The van der Waals surface area contributed by atoms with Gasteiger partial charge in [-0.15, -0.1) is 0 Å². The number of hydrazine groups is 1. The van der Waals surface area contributed by atoms with Gasteiger partial charge < -0.3 is 9.47 Å². The van der Waals surface area contributed by atoms with Crippen molar-refractivity contribution in [3.63, 3.8) is 0 Å². The lowest BCUT2D eigenvalue weighted by Gasteiger charge is -2.21. The third-order valence-electron chi connectivity index (χ3n) is 4.07. The highest BCUT2D eigenvalue weighted by molar-refractivity contribution is 6.30. The van der Waals surface area contributed by atoms with E-state index in [0.717, 1.165) is 16.3 Å². The second-order valence-electron chi connectivity index (χ2n) is 6.19. The largest absolute Gasteiger partial charge is 0.489 e. The number of halogens is 1. The zero-order valence-electron chi connectivity index (χ0n) is 15.4. The average molecular weight is 397 g/mol. The Morgan fingerprint density at radius 3 is 2.21 bits per heavy atom. The normalized spacial score (nSPS) is 11.5. The lowest BCUT2D eigenvalue weighted by Crippen LogP contribution is -2.45. The highest BCUT2D eigenvalue weighted by Crippen LogP contribution is 2.19. The van der Waals surface area contributed by atoms with E-state index in [0.29, 0.717) is 23.1 Å². The van der Waals surface area contributed by atoms with Crippen LogP contribution in [0.1, 0.15) is 12.5 Å². The van der Waals surface area contributed by atoms with Gasteiger partial charge in [-0.1, -0.05) is 41.9 Å². The molecule has 1 amide bonds. The van der Waals surface area contributed by atoms with E-state index in [9.17, 15) is 4.79 Å². The monoisotopic (exact) mass is 396 g/mol. The van der Waals surface area contributed by atoms with Gasteiger partial charge in [0.05, 0.1) is 5.69 Å². The van der Waals surface area contributed by atoms with Crippen LogP contribution in [0, 0.1) is 0 Å². The fourth-order valence-corrected chi connectivity index (χ4v) is 2.65. The maximum absolute atomic E-state index is 12.4. The first-order valence-corrected chi connectivity index (χ1v) is 9.18. The fourth-order valence-electron chi connectivity index (χ4n) is 2.53. The van der Waals surface area contributed by atoms with Crippen molar-refractivity contribution in [2.75, 3.05) is 5.01 Å². The molecule has 0 heterocycles. The molecule has 0 aromatic heterocycles. The fraction of sp³-hybridized carbons (Fsp3) is 0.136. The standard InChI is InChI=1S/C22H21ClN2O3/c1-16(22(26)25(24)19-5-3-2-4-6-19)28-21-11-7-17(8-12-21)15-27-20-13-9-18(23)10-14-20/h2-14,16H,15,24H2,1H3. The summed E-state index contributed by atoms with van der Waals surface area (Å²) in [6, 6.07) is 23.6. The van der Waals surface area contributed by atoms with Crippen molar-refractivity contribution in [2.45, 2.75) is 19.6 Å². The van der Waals surface area contributed by atoms with Crippen molar-refractivity contribution in [1.29, 1.82) is 0 Å². The molecule has 28 heavy (non-hydrogen) atoms. The molecule has 6 heteroatoms. The molecule has 0 aliphatic heterocycles. The van der Waals surface area contributed by atoms with E-state index in [-0.39, 0.29) is 5.91 Å². The van der Waals surface area contributed by atoms with Crippen molar-refractivity contribution in [2.24, 2.45) is 5.84 Å². The Bertz CT molecular complexity index is 899. The topological polar surface area (TPSA) is 64.8 Å². The highest BCUT2D eigenvalue weighted by atomic mass is 35.5. The molecule has 0 bridgehead atoms. The molecule has 1 unspecified atom stereocenters. The van der Waals surface area contributed by atoms with E-state index in [4.69, 9.17) is 26.9 Å². The summed E-state index contributed by atoms with van der Waals surface area (Å²) >= 11 is 5.86. The molecule has 3 aromatic rings. The van der Waals surface area contributed by atoms with Gasteiger partial charge in [-0.05, 0) is 61.0 Å². The van der Waals surface area contributed by atoms with Gasteiger partial charge in [0.25, 0.3) is 5.91 Å². The number of para-hydroxylation sites is 1. The van der Waals surface area contributed by atoms with Crippen molar-refractivity contribution >= 4 is 23.2 Å². The molecule has 0 saturated heterocycles. The molecular formula is C22H21ClN2O3. The number of carbonyl (C=O) groups is 1. The molecule has 144 valence electrons. The Morgan fingerprint density at radius 1 is 0.964 bits per heavy atom. The Hall–Kier alpha value is -3.02. The first-order chi connectivity index (χ1) is 13.5. The molecule has 3 aromatic carbocycles. The Labute approximate surface area is 169 Å². The van der Waals surface area contributed by atoms with Crippen LogP contribution in [0.15, 0.2) is 78.9 Å². The second-order valence-corrected chi connectivity index (χ2v) is 6.63. The molecule has 0 spiro atoms. The molecule has 0 radical (unpaired) electrons. The van der Waals surface area contributed by atoms with Crippen LogP contribution >= 0.6 is 11.6 Å². The predicted molar refractivity (Wildman–Crippen MR) is 110 cm³/mol. The number of rotatable bonds is 7. The van der Waals surface area contributed by atoms with Gasteiger partial charge in [-0.3, -0.25) is 4.79 Å². The van der Waals surface area contributed by atoms with Gasteiger partial charge in [0.15, 0.2) is 6.10 Å². The molecule has 5 nitrogen and oxygen atoms in total. The van der Waals surface area contributed by atoms with Gasteiger partial charge in [0.2, 0.25) is 0 Å². The maximum Gasteiger partial charge on any atom is 0.281 e. The number of nitrogens with two attached hydrogens (primary N) is 1. The third-order valence-corrected chi connectivity index (χ3v) is 4.33. The van der Waals surface area contributed by atoms with Gasteiger partial charge in [-0.25, -0.2) is 10.9 Å². The van der Waals surface area contributed by atoms with Gasteiger partial charge in [0, 0.05) is 5.02 Å². The van der Waals surface area contributed by atoms with Gasteiger partial charge in [0.1, 0.15) is 18.1 Å². The smallest absolute Gasteiger partial charge is 0.281 e. The SMILES string of the molecule is CC(Oc1ccc(COc2ccc(Cl)cc2)cc1)C(=O)N(N)c1ccccc1. The zero-order valence-corrected chi connectivity index (χ0v) is 16.2. The molecule has 2 N–H and O–H groups in total. The Kier molecular flexibility index (Phi) is 6.53. The summed E-state index contributed by atoms with van der Waals surface area (Å²) in [6.45, 7) is 2.09. The lowest BCUT2D eigenvalue weighted by atomic mass is 10.2. The number of anilines is 1. The Morgan fingerprint density at radius 2 is 1.57 bits per heavy atom. The number of hydrogen-bond donors (Lipinski definition) is 1. The minimum absolute atomic E-state index is 0.332. The summed E-state index contributed by atoms with van der Waals surface area (Å²) in [6.07, 6.45) is -0.721. The lowest BCUT2D eigenvalue weighted by molar-refractivity contribution is -0.124. The molecule has 0 aliphatic carbocycles. The predicted octanol–water partition coefficient (Wildman–Crippen LogP) is 4.59. The van der Waals surface area contributed by atoms with Crippen LogP contribution in [0.4, 0.5) is 5.69 Å². The number of amides is 1. The van der Waals surface area contributed by atoms with Crippen LogP contribution in [0.3, 0.4) is 0 Å². The number of carbonyl (C=O) groups excluding carboxylic acids is 1. The summed E-state index contributed by atoms with van der Waals surface area (Å²) in [4.78, 5) is 12.4. The Balaban J connectivity index is 1.54. The summed E-state index contributed by atoms with van der Waals surface area (Å²) in [5.74, 6) is 6.89. The molecular weight excluding hydrogens is 376 g/mol. The maximum atomic E-state index is 12.4. The van der Waals surface area contributed by atoms with Crippen molar-refractivity contribution in [3.8, 4) is 11.5 Å². The summed E-state index contributed by atoms with van der Waals surface area (Å²) in [7, 11) is 0. The van der Waals surface area contributed by atoms with Gasteiger partial charge >= 0.3 is 0 Å². The average Bonchev–Trinajstić information content (AvgIpc) is 2.74. The van der Waals surface area contributed by atoms with Crippen LogP contribution in [0.5, 0.6) is 11.5 Å². The second kappa shape index (κ2) is 9.26. The summed E-state index contributed by atoms with van der Waals surface area (Å²) in [5, 5.41) is 1.76.